The van der Waals surface area contributed by atoms with Crippen molar-refractivity contribution in [3.05, 3.63) is 22.8 Å². The molecule has 0 aliphatic carbocycles. The fraction of sp³-hybridized carbons (Fsp3) is 0.545. The molecule has 17 heavy (non-hydrogen) atoms. The maximum absolute atomic E-state index is 9.09. The SMILES string of the molecule is NNc1ccc(Cl)c(CN2CCC(CO)C2)n1. The van der Waals surface area contributed by atoms with Gasteiger partial charge in [-0.05, 0) is 31.0 Å². The monoisotopic (exact) mass is 256 g/mol. The summed E-state index contributed by atoms with van der Waals surface area (Å²) in [5.74, 6) is 6.31. The summed E-state index contributed by atoms with van der Waals surface area (Å²) in [6.45, 7) is 2.82. The number of hydrazine groups is 1. The van der Waals surface area contributed by atoms with Gasteiger partial charge in [-0.1, -0.05) is 11.6 Å². The first-order valence-corrected chi connectivity index (χ1v) is 6.06. The van der Waals surface area contributed by atoms with Gasteiger partial charge in [0.15, 0.2) is 0 Å². The number of hydrogen-bond donors (Lipinski definition) is 3. The van der Waals surface area contributed by atoms with Gasteiger partial charge in [-0.25, -0.2) is 10.8 Å². The molecule has 5 nitrogen and oxygen atoms in total. The van der Waals surface area contributed by atoms with E-state index < -0.39 is 0 Å². The molecule has 1 aliphatic rings. The molecule has 94 valence electrons. The summed E-state index contributed by atoms with van der Waals surface area (Å²) in [6, 6.07) is 3.53. The molecule has 1 aromatic heterocycles. The normalized spacial score (nSPS) is 20.8. The van der Waals surface area contributed by atoms with Gasteiger partial charge in [0.05, 0.1) is 10.7 Å². The summed E-state index contributed by atoms with van der Waals surface area (Å²) in [6.07, 6.45) is 1.03. The van der Waals surface area contributed by atoms with Crippen LogP contribution in [0.1, 0.15) is 12.1 Å². The number of nitrogen functional groups attached to an aromatic ring is 1. The Morgan fingerprint density at radius 2 is 2.41 bits per heavy atom. The van der Waals surface area contributed by atoms with Gasteiger partial charge < -0.3 is 10.5 Å². The molecule has 4 N–H and O–H groups in total. The quantitative estimate of drug-likeness (QED) is 0.550. The van der Waals surface area contributed by atoms with Crippen LogP contribution in [0.4, 0.5) is 5.82 Å². The third-order valence-electron chi connectivity index (χ3n) is 3.07. The summed E-state index contributed by atoms with van der Waals surface area (Å²) in [4.78, 5) is 6.58. The molecule has 1 aliphatic heterocycles. The molecule has 0 spiro atoms. The summed E-state index contributed by atoms with van der Waals surface area (Å²) < 4.78 is 0. The number of hydrogen-bond acceptors (Lipinski definition) is 5. The Bertz CT molecular complexity index is 388. The summed E-state index contributed by atoms with van der Waals surface area (Å²) >= 11 is 6.09. The van der Waals surface area contributed by atoms with Crippen molar-refractivity contribution < 1.29 is 5.11 Å². The molecule has 2 heterocycles. The lowest BCUT2D eigenvalue weighted by Crippen LogP contribution is -2.22. The van der Waals surface area contributed by atoms with Crippen LogP contribution in [0.25, 0.3) is 0 Å². The Hall–Kier alpha value is -0.880. The zero-order chi connectivity index (χ0) is 12.3. The maximum Gasteiger partial charge on any atom is 0.140 e. The Balaban J connectivity index is 2.03. The van der Waals surface area contributed by atoms with E-state index in [0.29, 0.717) is 23.3 Å². The van der Waals surface area contributed by atoms with Crippen molar-refractivity contribution in [2.75, 3.05) is 25.1 Å². The second-order valence-corrected chi connectivity index (χ2v) is 4.75. The van der Waals surface area contributed by atoms with Crippen molar-refractivity contribution in [3.63, 3.8) is 0 Å². The summed E-state index contributed by atoms with van der Waals surface area (Å²) in [5.41, 5.74) is 3.33. The van der Waals surface area contributed by atoms with E-state index in [-0.39, 0.29) is 6.61 Å². The average Bonchev–Trinajstić information content (AvgIpc) is 2.80. The minimum atomic E-state index is 0.252. The topological polar surface area (TPSA) is 74.4 Å². The number of likely N-dealkylation sites (tertiary alicyclic amines) is 1. The van der Waals surface area contributed by atoms with Crippen LogP contribution in [0.15, 0.2) is 12.1 Å². The molecule has 0 radical (unpaired) electrons. The molecular formula is C11H17ClN4O. The van der Waals surface area contributed by atoms with E-state index in [2.05, 4.69) is 15.3 Å². The third kappa shape index (κ3) is 3.07. The van der Waals surface area contributed by atoms with Crippen LogP contribution < -0.4 is 11.3 Å². The minimum Gasteiger partial charge on any atom is -0.396 e. The summed E-state index contributed by atoms with van der Waals surface area (Å²) in [7, 11) is 0. The molecule has 1 aromatic rings. The van der Waals surface area contributed by atoms with Crippen LogP contribution in [-0.4, -0.2) is 34.7 Å². The molecule has 1 unspecified atom stereocenters. The number of halogens is 1. The van der Waals surface area contributed by atoms with E-state index in [0.717, 1.165) is 25.2 Å². The van der Waals surface area contributed by atoms with E-state index in [1.165, 1.54) is 0 Å². The van der Waals surface area contributed by atoms with E-state index in [4.69, 9.17) is 22.6 Å². The fourth-order valence-corrected chi connectivity index (χ4v) is 2.26. The lowest BCUT2D eigenvalue weighted by atomic mass is 10.1. The Morgan fingerprint density at radius 3 is 3.06 bits per heavy atom. The number of pyridine rings is 1. The van der Waals surface area contributed by atoms with Gasteiger partial charge in [-0.15, -0.1) is 0 Å². The van der Waals surface area contributed by atoms with Crippen LogP contribution in [0.3, 0.4) is 0 Å². The number of anilines is 1. The first kappa shape index (κ1) is 12.6. The molecule has 0 bridgehead atoms. The average molecular weight is 257 g/mol. The van der Waals surface area contributed by atoms with Crippen LogP contribution in [0.5, 0.6) is 0 Å². The van der Waals surface area contributed by atoms with Crippen molar-refractivity contribution in [2.45, 2.75) is 13.0 Å². The van der Waals surface area contributed by atoms with Crippen LogP contribution >= 0.6 is 11.6 Å². The highest BCUT2D eigenvalue weighted by Gasteiger charge is 2.22. The molecule has 2 rings (SSSR count). The number of aliphatic hydroxyl groups is 1. The predicted octanol–water partition coefficient (Wildman–Crippen LogP) is 0.835. The van der Waals surface area contributed by atoms with Crippen LogP contribution in [0, 0.1) is 5.92 Å². The van der Waals surface area contributed by atoms with Gasteiger partial charge in [0, 0.05) is 19.7 Å². The van der Waals surface area contributed by atoms with Gasteiger partial charge in [-0.2, -0.15) is 0 Å². The molecule has 1 saturated heterocycles. The Morgan fingerprint density at radius 1 is 1.59 bits per heavy atom. The number of aliphatic hydroxyl groups excluding tert-OH is 1. The largest absolute Gasteiger partial charge is 0.396 e. The fourth-order valence-electron chi connectivity index (χ4n) is 2.09. The third-order valence-corrected chi connectivity index (χ3v) is 3.41. The lowest BCUT2D eigenvalue weighted by Gasteiger charge is -2.16. The molecule has 0 aromatic carbocycles. The van der Waals surface area contributed by atoms with Gasteiger partial charge in [0.25, 0.3) is 0 Å². The van der Waals surface area contributed by atoms with Crippen molar-refractivity contribution >= 4 is 17.4 Å². The number of nitrogens with zero attached hydrogens (tertiary/aromatic N) is 2. The number of rotatable bonds is 4. The highest BCUT2D eigenvalue weighted by atomic mass is 35.5. The van der Waals surface area contributed by atoms with Crippen LogP contribution in [0.2, 0.25) is 5.02 Å². The molecule has 1 atom stereocenters. The van der Waals surface area contributed by atoms with Gasteiger partial charge in [-0.3, -0.25) is 4.90 Å². The zero-order valence-electron chi connectivity index (χ0n) is 9.56. The highest BCUT2D eigenvalue weighted by molar-refractivity contribution is 6.31. The standard InChI is InChI=1S/C11H17ClN4O/c12-9-1-2-11(15-13)14-10(9)6-16-4-3-8(5-16)7-17/h1-2,8,17H,3-7,13H2,(H,14,15). The number of nitrogens with one attached hydrogen (secondary N) is 1. The van der Waals surface area contributed by atoms with Gasteiger partial charge >= 0.3 is 0 Å². The number of aromatic nitrogens is 1. The first-order chi connectivity index (χ1) is 8.22. The van der Waals surface area contributed by atoms with Crippen molar-refractivity contribution in [1.29, 1.82) is 0 Å². The van der Waals surface area contributed by atoms with Crippen molar-refractivity contribution in [3.8, 4) is 0 Å². The molecule has 0 amide bonds. The number of nitrogens with two attached hydrogens (primary N) is 1. The molecule has 1 fully saturated rings. The van der Waals surface area contributed by atoms with E-state index >= 15 is 0 Å². The lowest BCUT2D eigenvalue weighted by molar-refractivity contribution is 0.219. The maximum atomic E-state index is 9.09. The van der Waals surface area contributed by atoms with E-state index in [1.54, 1.807) is 12.1 Å². The highest BCUT2D eigenvalue weighted by Crippen LogP contribution is 2.22. The minimum absolute atomic E-state index is 0.252. The Kier molecular flexibility index (Phi) is 4.17. The van der Waals surface area contributed by atoms with Crippen molar-refractivity contribution in [2.24, 2.45) is 11.8 Å². The molecule has 6 heteroatoms. The van der Waals surface area contributed by atoms with Gasteiger partial charge in [0.1, 0.15) is 5.82 Å². The second kappa shape index (κ2) is 5.64. The first-order valence-electron chi connectivity index (χ1n) is 5.68. The molecular weight excluding hydrogens is 240 g/mol. The van der Waals surface area contributed by atoms with E-state index in [1.807, 2.05) is 0 Å². The van der Waals surface area contributed by atoms with Crippen LogP contribution in [-0.2, 0) is 6.54 Å². The zero-order valence-corrected chi connectivity index (χ0v) is 10.3. The molecule has 0 saturated carbocycles. The Labute approximate surface area is 106 Å². The smallest absolute Gasteiger partial charge is 0.140 e. The second-order valence-electron chi connectivity index (χ2n) is 4.34. The van der Waals surface area contributed by atoms with E-state index in [9.17, 15) is 0 Å². The van der Waals surface area contributed by atoms with Crippen molar-refractivity contribution in [1.82, 2.24) is 9.88 Å². The predicted molar refractivity (Wildman–Crippen MR) is 67.5 cm³/mol. The summed E-state index contributed by atoms with van der Waals surface area (Å²) in [5, 5.41) is 9.74. The van der Waals surface area contributed by atoms with Gasteiger partial charge in [0.2, 0.25) is 0 Å².